The Kier molecular flexibility index (Phi) is 5.84. The van der Waals surface area contributed by atoms with E-state index in [4.69, 9.17) is 0 Å². The number of alkyl halides is 2. The lowest BCUT2D eigenvalue weighted by Crippen LogP contribution is -2.35. The number of fused-ring (bicyclic) bond motifs is 1. The van der Waals surface area contributed by atoms with Crippen LogP contribution in [0.1, 0.15) is 10.4 Å². The van der Waals surface area contributed by atoms with Gasteiger partial charge in [-0.25, -0.2) is 0 Å². The highest BCUT2D eigenvalue weighted by atomic mass is 19.3. The van der Waals surface area contributed by atoms with Gasteiger partial charge in [0.15, 0.2) is 0 Å². The predicted octanol–water partition coefficient (Wildman–Crippen LogP) is 4.15. The molecular formula is C21H18F2N2O3. The highest BCUT2D eigenvalue weighted by molar-refractivity contribution is 6.04. The summed E-state index contributed by atoms with van der Waals surface area (Å²) in [5.74, 6) is -0.963. The second-order valence-electron chi connectivity index (χ2n) is 6.14. The Morgan fingerprint density at radius 3 is 2.54 bits per heavy atom. The number of carbonyl (C=O) groups is 2. The summed E-state index contributed by atoms with van der Waals surface area (Å²) in [4.78, 5) is 26.1. The van der Waals surface area contributed by atoms with Crippen molar-refractivity contribution < 1.29 is 23.1 Å². The Bertz CT molecular complexity index is 1000. The topological polar surface area (TPSA) is 58.6 Å². The Labute approximate surface area is 160 Å². The third kappa shape index (κ3) is 4.62. The van der Waals surface area contributed by atoms with E-state index in [1.165, 1.54) is 36.2 Å². The molecule has 0 unspecified atom stereocenters. The summed E-state index contributed by atoms with van der Waals surface area (Å²) >= 11 is 0. The van der Waals surface area contributed by atoms with Crippen LogP contribution in [0.5, 0.6) is 5.75 Å². The van der Waals surface area contributed by atoms with Crippen molar-refractivity contribution in [2.24, 2.45) is 0 Å². The summed E-state index contributed by atoms with van der Waals surface area (Å²) in [6.45, 7) is -3.17. The van der Waals surface area contributed by atoms with Crippen LogP contribution in [0, 0.1) is 0 Å². The zero-order valence-electron chi connectivity index (χ0n) is 15.1. The first-order valence-electron chi connectivity index (χ1n) is 8.52. The number of carbonyl (C=O) groups excluding carboxylic acids is 2. The van der Waals surface area contributed by atoms with Gasteiger partial charge in [-0.1, -0.05) is 42.5 Å². The third-order valence-electron chi connectivity index (χ3n) is 4.10. The van der Waals surface area contributed by atoms with Gasteiger partial charge in [-0.3, -0.25) is 9.59 Å². The first-order valence-corrected chi connectivity index (χ1v) is 8.52. The summed E-state index contributed by atoms with van der Waals surface area (Å²) in [6.07, 6.45) is 0. The summed E-state index contributed by atoms with van der Waals surface area (Å²) in [7, 11) is 1.46. The fourth-order valence-corrected chi connectivity index (χ4v) is 2.84. The minimum atomic E-state index is -2.98. The van der Waals surface area contributed by atoms with Crippen LogP contribution in [0.4, 0.5) is 14.5 Å². The normalized spacial score (nSPS) is 10.7. The SMILES string of the molecule is CN(CC(=O)Nc1cccc2ccccc12)C(=O)c1cccc(OC(F)F)c1. The highest BCUT2D eigenvalue weighted by Gasteiger charge is 2.17. The van der Waals surface area contributed by atoms with E-state index in [0.717, 1.165) is 10.8 Å². The molecule has 1 N–H and O–H groups in total. The summed E-state index contributed by atoms with van der Waals surface area (Å²) in [5.41, 5.74) is 0.801. The maximum atomic E-state index is 12.5. The molecule has 0 fully saturated rings. The van der Waals surface area contributed by atoms with E-state index in [9.17, 15) is 18.4 Å². The van der Waals surface area contributed by atoms with E-state index in [1.807, 2.05) is 36.4 Å². The largest absolute Gasteiger partial charge is 0.435 e. The molecule has 144 valence electrons. The smallest absolute Gasteiger partial charge is 0.387 e. The molecule has 0 aliphatic carbocycles. The van der Waals surface area contributed by atoms with Crippen molar-refractivity contribution in [2.45, 2.75) is 6.61 Å². The maximum Gasteiger partial charge on any atom is 0.387 e. The quantitative estimate of drug-likeness (QED) is 0.695. The van der Waals surface area contributed by atoms with E-state index >= 15 is 0 Å². The Morgan fingerprint density at radius 2 is 1.75 bits per heavy atom. The Balaban J connectivity index is 1.67. The van der Waals surface area contributed by atoms with Crippen LogP contribution in [0.25, 0.3) is 10.8 Å². The molecule has 0 atom stereocenters. The molecule has 0 aromatic heterocycles. The van der Waals surface area contributed by atoms with Crippen LogP contribution in [-0.4, -0.2) is 36.9 Å². The lowest BCUT2D eigenvalue weighted by molar-refractivity contribution is -0.116. The lowest BCUT2D eigenvalue weighted by Gasteiger charge is -2.18. The van der Waals surface area contributed by atoms with Crippen LogP contribution in [0.15, 0.2) is 66.7 Å². The molecule has 0 saturated heterocycles. The molecular weight excluding hydrogens is 366 g/mol. The number of rotatable bonds is 6. The van der Waals surface area contributed by atoms with E-state index in [0.29, 0.717) is 5.69 Å². The number of anilines is 1. The van der Waals surface area contributed by atoms with Gasteiger partial charge in [0.1, 0.15) is 5.75 Å². The van der Waals surface area contributed by atoms with Crippen LogP contribution in [0.3, 0.4) is 0 Å². The molecule has 3 aromatic rings. The fraction of sp³-hybridized carbons (Fsp3) is 0.143. The fourth-order valence-electron chi connectivity index (χ4n) is 2.84. The van der Waals surface area contributed by atoms with Gasteiger partial charge in [0.05, 0.1) is 6.54 Å². The summed E-state index contributed by atoms with van der Waals surface area (Å²) < 4.78 is 29.0. The van der Waals surface area contributed by atoms with Gasteiger partial charge < -0.3 is 15.0 Å². The number of benzene rings is 3. The minimum Gasteiger partial charge on any atom is -0.435 e. The number of nitrogens with zero attached hydrogens (tertiary/aromatic N) is 1. The van der Waals surface area contributed by atoms with E-state index < -0.39 is 12.5 Å². The van der Waals surface area contributed by atoms with Gasteiger partial charge in [-0.05, 0) is 29.7 Å². The third-order valence-corrected chi connectivity index (χ3v) is 4.10. The molecule has 0 saturated carbocycles. The van der Waals surface area contributed by atoms with Crippen LogP contribution < -0.4 is 10.1 Å². The predicted molar refractivity (Wildman–Crippen MR) is 103 cm³/mol. The molecule has 3 rings (SSSR count). The van der Waals surface area contributed by atoms with Crippen molar-refractivity contribution in [1.29, 1.82) is 0 Å². The van der Waals surface area contributed by atoms with Crippen molar-refractivity contribution in [1.82, 2.24) is 4.90 Å². The number of likely N-dealkylation sites (N-methyl/N-ethyl adjacent to an activating group) is 1. The molecule has 3 aromatic carbocycles. The molecule has 0 bridgehead atoms. The number of nitrogens with one attached hydrogen (secondary N) is 1. The van der Waals surface area contributed by atoms with Gasteiger partial charge in [-0.2, -0.15) is 8.78 Å². The van der Waals surface area contributed by atoms with Gasteiger partial charge in [-0.15, -0.1) is 0 Å². The molecule has 28 heavy (non-hydrogen) atoms. The average Bonchev–Trinajstić information content (AvgIpc) is 2.67. The van der Waals surface area contributed by atoms with Gasteiger partial charge >= 0.3 is 6.61 Å². The van der Waals surface area contributed by atoms with Crippen LogP contribution >= 0.6 is 0 Å². The van der Waals surface area contributed by atoms with Gasteiger partial charge in [0.2, 0.25) is 5.91 Å². The van der Waals surface area contributed by atoms with E-state index in [1.54, 1.807) is 6.07 Å². The average molecular weight is 384 g/mol. The molecule has 0 heterocycles. The maximum absolute atomic E-state index is 12.5. The standard InChI is InChI=1S/C21H18F2N2O3/c1-25(20(27)15-8-4-9-16(12-15)28-21(22)23)13-19(26)24-18-11-5-7-14-6-2-3-10-17(14)18/h2-12,21H,13H2,1H3,(H,24,26). The first-order chi connectivity index (χ1) is 13.4. The van der Waals surface area contributed by atoms with Crippen molar-refractivity contribution >= 4 is 28.3 Å². The molecule has 0 aliphatic rings. The molecule has 0 radical (unpaired) electrons. The summed E-state index contributed by atoms with van der Waals surface area (Å²) in [6, 6.07) is 18.6. The van der Waals surface area contributed by atoms with E-state index in [2.05, 4.69) is 10.1 Å². The monoisotopic (exact) mass is 384 g/mol. The number of amides is 2. The lowest BCUT2D eigenvalue weighted by atomic mass is 10.1. The van der Waals surface area contributed by atoms with Gasteiger partial charge in [0.25, 0.3) is 5.91 Å². The molecule has 0 spiro atoms. The molecule has 5 nitrogen and oxygen atoms in total. The van der Waals surface area contributed by atoms with Crippen molar-refractivity contribution in [3.8, 4) is 5.75 Å². The summed E-state index contributed by atoms with van der Waals surface area (Å²) in [5, 5.41) is 4.68. The Morgan fingerprint density at radius 1 is 1.04 bits per heavy atom. The zero-order chi connectivity index (χ0) is 20.1. The second kappa shape index (κ2) is 8.47. The van der Waals surface area contributed by atoms with E-state index in [-0.39, 0.29) is 23.8 Å². The first kappa shape index (κ1) is 19.3. The van der Waals surface area contributed by atoms with Gasteiger partial charge in [0, 0.05) is 23.7 Å². The minimum absolute atomic E-state index is 0.116. The highest BCUT2D eigenvalue weighted by Crippen LogP contribution is 2.23. The molecule has 0 aliphatic heterocycles. The Hall–Kier alpha value is -3.48. The second-order valence-corrected chi connectivity index (χ2v) is 6.14. The van der Waals surface area contributed by atoms with Crippen LogP contribution in [-0.2, 0) is 4.79 Å². The van der Waals surface area contributed by atoms with Crippen molar-refractivity contribution in [3.05, 3.63) is 72.3 Å². The molecule has 2 amide bonds. The zero-order valence-corrected chi connectivity index (χ0v) is 15.1. The number of hydrogen-bond donors (Lipinski definition) is 1. The van der Waals surface area contributed by atoms with Crippen molar-refractivity contribution in [2.75, 3.05) is 18.9 Å². The number of ether oxygens (including phenoxy) is 1. The van der Waals surface area contributed by atoms with Crippen molar-refractivity contribution in [3.63, 3.8) is 0 Å². The van der Waals surface area contributed by atoms with Crippen LogP contribution in [0.2, 0.25) is 0 Å². The number of hydrogen-bond acceptors (Lipinski definition) is 3. The molecule has 7 heteroatoms. The number of halogens is 2.